The quantitative estimate of drug-likeness (QED) is 0.743. The number of aromatic nitrogens is 2. The van der Waals surface area contributed by atoms with Crippen LogP contribution >= 0.6 is 0 Å². The van der Waals surface area contributed by atoms with Crippen molar-refractivity contribution in [2.45, 2.75) is 24.6 Å². The lowest BCUT2D eigenvalue weighted by atomic mass is 10.3. The van der Waals surface area contributed by atoms with Crippen molar-refractivity contribution < 1.29 is 18.3 Å². The van der Waals surface area contributed by atoms with E-state index in [1.54, 1.807) is 0 Å². The van der Waals surface area contributed by atoms with Crippen LogP contribution in [-0.4, -0.2) is 27.2 Å². The molecule has 1 aromatic heterocycles. The SMILES string of the molecule is Nc1cc(NC2(CO)CC2)nc(C(F)(F)F)n1. The summed E-state index contributed by atoms with van der Waals surface area (Å²) in [4.78, 5) is 6.46. The number of hydrogen-bond acceptors (Lipinski definition) is 5. The summed E-state index contributed by atoms with van der Waals surface area (Å²) in [6.45, 7) is -0.155. The number of halogens is 3. The Morgan fingerprint density at radius 2 is 2.06 bits per heavy atom. The van der Waals surface area contributed by atoms with Crippen LogP contribution in [0.25, 0.3) is 0 Å². The fraction of sp³-hybridized carbons (Fsp3) is 0.556. The fourth-order valence-electron chi connectivity index (χ4n) is 1.40. The Morgan fingerprint density at radius 1 is 1.41 bits per heavy atom. The molecule has 1 heterocycles. The fourth-order valence-corrected chi connectivity index (χ4v) is 1.40. The molecule has 0 saturated heterocycles. The Morgan fingerprint density at radius 3 is 2.53 bits per heavy atom. The van der Waals surface area contributed by atoms with Crippen LogP contribution in [0.15, 0.2) is 6.07 Å². The predicted molar refractivity (Wildman–Crippen MR) is 54.1 cm³/mol. The third-order valence-corrected chi connectivity index (χ3v) is 2.55. The van der Waals surface area contributed by atoms with Gasteiger partial charge in [-0.25, -0.2) is 9.97 Å². The van der Waals surface area contributed by atoms with Crippen molar-refractivity contribution >= 4 is 11.6 Å². The van der Waals surface area contributed by atoms with Crippen molar-refractivity contribution in [2.24, 2.45) is 0 Å². The van der Waals surface area contributed by atoms with E-state index in [0.717, 1.165) is 0 Å². The molecule has 8 heteroatoms. The highest BCUT2D eigenvalue weighted by molar-refractivity contribution is 5.48. The van der Waals surface area contributed by atoms with E-state index in [9.17, 15) is 13.2 Å². The maximum Gasteiger partial charge on any atom is 0.451 e. The van der Waals surface area contributed by atoms with Crippen LogP contribution < -0.4 is 11.1 Å². The third kappa shape index (κ3) is 2.57. The third-order valence-electron chi connectivity index (χ3n) is 2.55. The van der Waals surface area contributed by atoms with E-state index < -0.39 is 17.5 Å². The van der Waals surface area contributed by atoms with Gasteiger partial charge < -0.3 is 16.2 Å². The van der Waals surface area contributed by atoms with Crippen molar-refractivity contribution in [1.29, 1.82) is 0 Å². The minimum absolute atomic E-state index is 0.0172. The molecule has 94 valence electrons. The maximum atomic E-state index is 12.4. The average Bonchev–Trinajstić information content (AvgIpc) is 2.96. The molecule has 0 aromatic carbocycles. The van der Waals surface area contributed by atoms with Crippen LogP contribution in [0.4, 0.5) is 24.8 Å². The standard InChI is InChI=1S/C9H11F3N4O/c10-9(11,12)7-14-5(13)3-6(15-7)16-8(4-17)1-2-8/h3,17H,1-2,4H2,(H3,13,14,15,16). The number of alkyl halides is 3. The first-order chi connectivity index (χ1) is 7.85. The highest BCUT2D eigenvalue weighted by Gasteiger charge is 2.43. The number of nitrogens with one attached hydrogen (secondary N) is 1. The van der Waals surface area contributed by atoms with Gasteiger partial charge >= 0.3 is 6.18 Å². The van der Waals surface area contributed by atoms with Gasteiger partial charge in [0, 0.05) is 6.07 Å². The molecule has 0 radical (unpaired) electrons. The molecule has 1 aliphatic rings. The number of aliphatic hydroxyl groups is 1. The smallest absolute Gasteiger partial charge is 0.394 e. The highest BCUT2D eigenvalue weighted by atomic mass is 19.4. The summed E-state index contributed by atoms with van der Waals surface area (Å²) in [5, 5.41) is 11.8. The minimum Gasteiger partial charge on any atom is -0.394 e. The van der Waals surface area contributed by atoms with Gasteiger partial charge in [0.05, 0.1) is 12.1 Å². The zero-order valence-corrected chi connectivity index (χ0v) is 8.75. The molecule has 0 aliphatic heterocycles. The second-order valence-electron chi connectivity index (χ2n) is 4.06. The van der Waals surface area contributed by atoms with Gasteiger partial charge in [-0.2, -0.15) is 13.2 Å². The number of nitrogen functional groups attached to an aromatic ring is 1. The van der Waals surface area contributed by atoms with Crippen molar-refractivity contribution in [3.63, 3.8) is 0 Å². The van der Waals surface area contributed by atoms with Crippen LogP contribution in [0.5, 0.6) is 0 Å². The summed E-state index contributed by atoms with van der Waals surface area (Å²) in [6.07, 6.45) is -3.26. The summed E-state index contributed by atoms with van der Waals surface area (Å²) in [5.41, 5.74) is 4.73. The second kappa shape index (κ2) is 3.73. The zero-order chi connectivity index (χ0) is 12.7. The number of hydrogen-bond donors (Lipinski definition) is 3. The number of nitrogens with zero attached hydrogens (tertiary/aromatic N) is 2. The summed E-state index contributed by atoms with van der Waals surface area (Å²) in [5.74, 6) is -1.56. The lowest BCUT2D eigenvalue weighted by molar-refractivity contribution is -0.144. The number of rotatable bonds is 3. The van der Waals surface area contributed by atoms with Crippen LogP contribution in [0.2, 0.25) is 0 Å². The summed E-state index contributed by atoms with van der Waals surface area (Å²) in [7, 11) is 0. The first kappa shape index (κ1) is 11.9. The Kier molecular flexibility index (Phi) is 2.61. The van der Waals surface area contributed by atoms with Crippen molar-refractivity contribution in [3.05, 3.63) is 11.9 Å². The van der Waals surface area contributed by atoms with E-state index in [4.69, 9.17) is 10.8 Å². The molecule has 5 nitrogen and oxygen atoms in total. The van der Waals surface area contributed by atoms with Crippen LogP contribution in [0, 0.1) is 0 Å². The van der Waals surface area contributed by atoms with E-state index in [2.05, 4.69) is 15.3 Å². The average molecular weight is 248 g/mol. The molecule has 2 rings (SSSR count). The van der Waals surface area contributed by atoms with Crippen LogP contribution in [-0.2, 0) is 6.18 Å². The number of anilines is 2. The summed E-state index contributed by atoms with van der Waals surface area (Å²) in [6, 6.07) is 1.21. The first-order valence-electron chi connectivity index (χ1n) is 4.95. The van der Waals surface area contributed by atoms with Crippen molar-refractivity contribution in [2.75, 3.05) is 17.7 Å². The normalized spacial score (nSPS) is 17.9. The van der Waals surface area contributed by atoms with Crippen LogP contribution in [0.3, 0.4) is 0 Å². The summed E-state index contributed by atoms with van der Waals surface area (Å²) >= 11 is 0. The van der Waals surface area contributed by atoms with Gasteiger partial charge in [-0.3, -0.25) is 0 Å². The van der Waals surface area contributed by atoms with E-state index in [1.807, 2.05) is 0 Å². The van der Waals surface area contributed by atoms with E-state index >= 15 is 0 Å². The predicted octanol–water partition coefficient (Wildman–Crippen LogP) is 1.01. The van der Waals surface area contributed by atoms with Crippen LogP contribution in [0.1, 0.15) is 18.7 Å². The molecule has 0 unspecified atom stereocenters. The van der Waals surface area contributed by atoms with Gasteiger partial charge in [-0.15, -0.1) is 0 Å². The molecule has 1 saturated carbocycles. The molecular weight excluding hydrogens is 237 g/mol. The van der Waals surface area contributed by atoms with Gasteiger partial charge in [0.1, 0.15) is 11.6 Å². The Labute approximate surface area is 94.9 Å². The molecule has 0 spiro atoms. The number of aliphatic hydroxyl groups excluding tert-OH is 1. The van der Waals surface area contributed by atoms with Gasteiger partial charge in [0.2, 0.25) is 5.82 Å². The zero-order valence-electron chi connectivity index (χ0n) is 8.75. The number of nitrogens with two attached hydrogens (primary N) is 1. The summed E-state index contributed by atoms with van der Waals surface area (Å²) < 4.78 is 37.3. The van der Waals surface area contributed by atoms with Gasteiger partial charge in [0.25, 0.3) is 0 Å². The van der Waals surface area contributed by atoms with Gasteiger partial charge in [0.15, 0.2) is 0 Å². The van der Waals surface area contributed by atoms with Crippen molar-refractivity contribution in [1.82, 2.24) is 9.97 Å². The minimum atomic E-state index is -4.64. The first-order valence-corrected chi connectivity index (χ1v) is 4.95. The molecule has 1 aromatic rings. The van der Waals surface area contributed by atoms with E-state index in [0.29, 0.717) is 12.8 Å². The molecule has 1 fully saturated rings. The Hall–Kier alpha value is -1.57. The largest absolute Gasteiger partial charge is 0.451 e. The molecule has 4 N–H and O–H groups in total. The molecule has 0 atom stereocenters. The van der Waals surface area contributed by atoms with Gasteiger partial charge in [-0.05, 0) is 12.8 Å². The highest BCUT2D eigenvalue weighted by Crippen LogP contribution is 2.38. The Bertz CT molecular complexity index is 431. The van der Waals surface area contributed by atoms with Crippen molar-refractivity contribution in [3.8, 4) is 0 Å². The van der Waals surface area contributed by atoms with E-state index in [-0.39, 0.29) is 18.2 Å². The second-order valence-corrected chi connectivity index (χ2v) is 4.06. The lowest BCUT2D eigenvalue weighted by Crippen LogP contribution is -2.27. The Balaban J connectivity index is 2.26. The monoisotopic (exact) mass is 248 g/mol. The molecule has 0 amide bonds. The molecule has 1 aliphatic carbocycles. The maximum absolute atomic E-state index is 12.4. The topological polar surface area (TPSA) is 84.1 Å². The van der Waals surface area contributed by atoms with Gasteiger partial charge in [-0.1, -0.05) is 0 Å². The van der Waals surface area contributed by atoms with E-state index in [1.165, 1.54) is 6.07 Å². The lowest BCUT2D eigenvalue weighted by Gasteiger charge is -2.16. The molecule has 0 bridgehead atoms. The molecule has 17 heavy (non-hydrogen) atoms. The molecular formula is C9H11F3N4O.